The third kappa shape index (κ3) is 6.02. The minimum atomic E-state index is -1.26. The van der Waals surface area contributed by atoms with E-state index >= 15 is 0 Å². The number of carboxylic acid groups (broad SMARTS) is 1. The maximum atomic E-state index is 11.2. The molecule has 0 rings (SSSR count). The first-order valence-electron chi connectivity index (χ1n) is 6.46. The number of carbonyl (C=O) groups is 1. The van der Waals surface area contributed by atoms with Crippen molar-refractivity contribution in [1.82, 2.24) is 0 Å². The molecule has 3 N–H and O–H groups in total. The van der Waals surface area contributed by atoms with Crippen molar-refractivity contribution in [1.29, 1.82) is 0 Å². The van der Waals surface area contributed by atoms with E-state index in [4.69, 9.17) is 14.9 Å². The lowest BCUT2D eigenvalue weighted by atomic mass is 10.0. The number of ether oxygens (including phenoxy) is 1. The normalized spacial score (nSPS) is 14.0. The number of carboxylic acids is 1. The molecule has 0 heterocycles. The Labute approximate surface area is 108 Å². The van der Waals surface area contributed by atoms with Crippen molar-refractivity contribution in [3.05, 3.63) is 11.3 Å². The lowest BCUT2D eigenvalue weighted by Crippen LogP contribution is -2.22. The summed E-state index contributed by atoms with van der Waals surface area (Å²) in [7, 11) is 0. The smallest absolute Gasteiger partial charge is 0.335 e. The molecule has 0 amide bonds. The van der Waals surface area contributed by atoms with Crippen LogP contribution >= 0.6 is 0 Å². The lowest BCUT2D eigenvalue weighted by Gasteiger charge is -2.16. The van der Waals surface area contributed by atoms with E-state index in [1.54, 1.807) is 6.92 Å². The summed E-state index contributed by atoms with van der Waals surface area (Å²) >= 11 is 0. The van der Waals surface area contributed by atoms with Crippen molar-refractivity contribution < 1.29 is 24.9 Å². The number of rotatable bonds is 10. The molecule has 0 saturated heterocycles. The highest BCUT2D eigenvalue weighted by atomic mass is 16.5. The highest BCUT2D eigenvalue weighted by Gasteiger charge is 2.21. The second-order valence-electron chi connectivity index (χ2n) is 4.09. The van der Waals surface area contributed by atoms with Gasteiger partial charge in [-0.1, -0.05) is 26.2 Å². The topological polar surface area (TPSA) is 87.0 Å². The maximum absolute atomic E-state index is 11.2. The van der Waals surface area contributed by atoms with E-state index in [0.717, 1.165) is 25.7 Å². The van der Waals surface area contributed by atoms with Gasteiger partial charge in [0.25, 0.3) is 0 Å². The predicted octanol–water partition coefficient (Wildman–Crippen LogP) is 1.69. The van der Waals surface area contributed by atoms with E-state index in [0.29, 0.717) is 6.42 Å². The van der Waals surface area contributed by atoms with Crippen molar-refractivity contribution in [3.63, 3.8) is 0 Å². The van der Waals surface area contributed by atoms with Crippen LogP contribution in [-0.4, -0.2) is 40.6 Å². The Bertz CT molecular complexity index is 273. The summed E-state index contributed by atoms with van der Waals surface area (Å²) < 4.78 is 5.16. The van der Waals surface area contributed by atoms with Crippen molar-refractivity contribution in [2.75, 3.05) is 13.2 Å². The summed E-state index contributed by atoms with van der Waals surface area (Å²) in [6.07, 6.45) is 2.90. The summed E-state index contributed by atoms with van der Waals surface area (Å²) in [5.74, 6) is -1.11. The van der Waals surface area contributed by atoms with Crippen LogP contribution in [0.4, 0.5) is 0 Å². The second kappa shape index (κ2) is 9.91. The van der Waals surface area contributed by atoms with Gasteiger partial charge >= 0.3 is 5.97 Å². The zero-order valence-electron chi connectivity index (χ0n) is 11.2. The Morgan fingerprint density at radius 3 is 2.33 bits per heavy atom. The molecule has 0 aromatic heterocycles. The van der Waals surface area contributed by atoms with Crippen molar-refractivity contribution >= 4 is 5.97 Å². The van der Waals surface area contributed by atoms with Crippen LogP contribution < -0.4 is 0 Å². The van der Waals surface area contributed by atoms with Crippen LogP contribution in [0, 0.1) is 0 Å². The first-order valence-corrected chi connectivity index (χ1v) is 6.46. The molecule has 18 heavy (non-hydrogen) atoms. The SMILES string of the molecule is CCCCCCC(C(=O)O)=C(OCC)C(O)CO. The van der Waals surface area contributed by atoms with Crippen molar-refractivity contribution in [2.45, 2.75) is 52.1 Å². The van der Waals surface area contributed by atoms with Crippen LogP contribution in [0.15, 0.2) is 11.3 Å². The van der Waals surface area contributed by atoms with E-state index in [9.17, 15) is 9.90 Å². The molecule has 1 unspecified atom stereocenters. The Hall–Kier alpha value is -1.07. The Balaban J connectivity index is 4.79. The minimum Gasteiger partial charge on any atom is -0.495 e. The maximum Gasteiger partial charge on any atom is 0.335 e. The molecule has 0 saturated carbocycles. The van der Waals surface area contributed by atoms with Gasteiger partial charge in [-0.2, -0.15) is 0 Å². The van der Waals surface area contributed by atoms with E-state index in [1.165, 1.54) is 0 Å². The van der Waals surface area contributed by atoms with Gasteiger partial charge in [-0.25, -0.2) is 4.79 Å². The van der Waals surface area contributed by atoms with E-state index < -0.39 is 18.7 Å². The minimum absolute atomic E-state index is 0.0102. The standard InChI is InChI=1S/C13H24O5/c1-3-5-6-7-8-10(13(16)17)12(18-4-2)11(15)9-14/h11,14-15H,3-9H2,1-2H3,(H,16,17). The fourth-order valence-corrected chi connectivity index (χ4v) is 1.69. The third-order valence-corrected chi connectivity index (χ3v) is 2.61. The number of unbranched alkanes of at least 4 members (excludes halogenated alkanes) is 3. The number of aliphatic carboxylic acids is 1. The molecule has 0 aliphatic rings. The fraction of sp³-hybridized carbons (Fsp3) is 0.769. The Morgan fingerprint density at radius 2 is 1.89 bits per heavy atom. The van der Waals surface area contributed by atoms with Crippen LogP contribution in [0.2, 0.25) is 0 Å². The quantitative estimate of drug-likeness (QED) is 0.316. The van der Waals surface area contributed by atoms with E-state index in [-0.39, 0.29) is 17.9 Å². The average molecular weight is 260 g/mol. The number of aliphatic hydroxyl groups excluding tert-OH is 2. The van der Waals surface area contributed by atoms with Gasteiger partial charge in [0, 0.05) is 0 Å². The molecule has 0 spiro atoms. The van der Waals surface area contributed by atoms with Crippen LogP contribution in [0.5, 0.6) is 0 Å². The predicted molar refractivity (Wildman–Crippen MR) is 68.1 cm³/mol. The second-order valence-corrected chi connectivity index (χ2v) is 4.09. The van der Waals surface area contributed by atoms with E-state index in [2.05, 4.69) is 6.92 Å². The van der Waals surface area contributed by atoms with Gasteiger partial charge in [0.1, 0.15) is 11.9 Å². The molecule has 0 aliphatic carbocycles. The van der Waals surface area contributed by atoms with Crippen LogP contribution in [0.1, 0.15) is 46.0 Å². The zero-order chi connectivity index (χ0) is 14.0. The number of aliphatic hydroxyl groups is 2. The fourth-order valence-electron chi connectivity index (χ4n) is 1.69. The number of hydrogen-bond donors (Lipinski definition) is 3. The molecule has 1 atom stereocenters. The average Bonchev–Trinajstić information content (AvgIpc) is 2.35. The molecule has 5 nitrogen and oxygen atoms in total. The number of hydrogen-bond acceptors (Lipinski definition) is 4. The highest BCUT2D eigenvalue weighted by molar-refractivity contribution is 5.87. The summed E-state index contributed by atoms with van der Waals surface area (Å²) in [4.78, 5) is 11.2. The molecule has 0 aromatic rings. The third-order valence-electron chi connectivity index (χ3n) is 2.61. The van der Waals surface area contributed by atoms with Gasteiger partial charge in [-0.15, -0.1) is 0 Å². The van der Waals surface area contributed by atoms with Crippen LogP contribution in [0.3, 0.4) is 0 Å². The Kier molecular flexibility index (Phi) is 9.32. The van der Waals surface area contributed by atoms with Gasteiger partial charge in [0.15, 0.2) is 0 Å². The summed E-state index contributed by atoms with van der Waals surface area (Å²) in [5.41, 5.74) is 0.0644. The summed E-state index contributed by atoms with van der Waals surface area (Å²) in [6.45, 7) is 3.51. The molecule has 0 bridgehead atoms. The lowest BCUT2D eigenvalue weighted by molar-refractivity contribution is -0.133. The molecule has 0 fully saturated rings. The van der Waals surface area contributed by atoms with Gasteiger partial charge < -0.3 is 20.1 Å². The molecule has 0 aliphatic heterocycles. The van der Waals surface area contributed by atoms with Crippen LogP contribution in [0.25, 0.3) is 0 Å². The molecule has 0 aromatic carbocycles. The summed E-state index contributed by atoms with van der Waals surface area (Å²) in [6, 6.07) is 0. The first kappa shape index (κ1) is 16.9. The van der Waals surface area contributed by atoms with Crippen LogP contribution in [-0.2, 0) is 9.53 Å². The molecular weight excluding hydrogens is 236 g/mol. The van der Waals surface area contributed by atoms with Crippen molar-refractivity contribution in [3.8, 4) is 0 Å². The van der Waals surface area contributed by atoms with Crippen molar-refractivity contribution in [2.24, 2.45) is 0 Å². The monoisotopic (exact) mass is 260 g/mol. The molecular formula is C13H24O5. The molecule has 106 valence electrons. The van der Waals surface area contributed by atoms with Gasteiger partial charge in [0.2, 0.25) is 0 Å². The summed E-state index contributed by atoms with van der Waals surface area (Å²) in [5, 5.41) is 27.6. The Morgan fingerprint density at radius 1 is 1.22 bits per heavy atom. The zero-order valence-corrected chi connectivity index (χ0v) is 11.2. The largest absolute Gasteiger partial charge is 0.495 e. The van der Waals surface area contributed by atoms with Gasteiger partial charge in [0.05, 0.1) is 18.8 Å². The van der Waals surface area contributed by atoms with Gasteiger partial charge in [-0.3, -0.25) is 0 Å². The highest BCUT2D eigenvalue weighted by Crippen LogP contribution is 2.18. The molecule has 0 radical (unpaired) electrons. The van der Waals surface area contributed by atoms with Gasteiger partial charge in [-0.05, 0) is 19.8 Å². The van der Waals surface area contributed by atoms with E-state index in [1.807, 2.05) is 0 Å². The molecule has 5 heteroatoms. The first-order chi connectivity index (χ1) is 8.58.